The number of hydrogen-bond acceptors (Lipinski definition) is 6. The third-order valence-corrected chi connectivity index (χ3v) is 8.86. The highest BCUT2D eigenvalue weighted by Gasteiger charge is 2.31. The molecule has 0 aromatic heterocycles. The number of nitrogens with one attached hydrogen (secondary N) is 1. The molecule has 1 aliphatic rings. The van der Waals surface area contributed by atoms with Crippen LogP contribution in [0.5, 0.6) is 5.75 Å². The van der Waals surface area contributed by atoms with E-state index >= 15 is 0 Å². The maximum absolute atomic E-state index is 13.7. The predicted molar refractivity (Wildman–Crippen MR) is 160 cm³/mol. The Morgan fingerprint density at radius 2 is 1.50 bits per heavy atom. The Balaban J connectivity index is 1.52. The first-order valence-electron chi connectivity index (χ1n) is 14.2. The Kier molecular flexibility index (Phi) is 11.1. The van der Waals surface area contributed by atoms with Crippen molar-refractivity contribution < 1.29 is 27.5 Å². The molecular weight excluding hydrogens is 554 g/mol. The zero-order valence-electron chi connectivity index (χ0n) is 24.1. The van der Waals surface area contributed by atoms with E-state index in [0.29, 0.717) is 45.0 Å². The van der Waals surface area contributed by atoms with E-state index in [-0.39, 0.29) is 35.8 Å². The number of sulfonamides is 1. The van der Waals surface area contributed by atoms with Gasteiger partial charge in [0.25, 0.3) is 5.91 Å². The third kappa shape index (κ3) is 8.64. The molecule has 1 atom stereocenters. The first-order chi connectivity index (χ1) is 20.2. The number of morpholine rings is 1. The van der Waals surface area contributed by atoms with E-state index in [1.807, 2.05) is 74.5 Å². The van der Waals surface area contributed by atoms with Crippen molar-refractivity contribution in [2.24, 2.45) is 5.92 Å². The average molecular weight is 594 g/mol. The predicted octanol–water partition coefficient (Wildman–Crippen LogP) is 3.50. The minimum atomic E-state index is -3.64. The fourth-order valence-corrected chi connectivity index (χ4v) is 6.04. The van der Waals surface area contributed by atoms with E-state index in [4.69, 9.17) is 9.47 Å². The first-order valence-corrected chi connectivity index (χ1v) is 15.6. The number of benzene rings is 3. The van der Waals surface area contributed by atoms with Crippen LogP contribution < -0.4 is 10.1 Å². The fourth-order valence-electron chi connectivity index (χ4n) is 4.63. The molecule has 0 bridgehead atoms. The Morgan fingerprint density at radius 3 is 2.10 bits per heavy atom. The zero-order valence-corrected chi connectivity index (χ0v) is 25.0. The van der Waals surface area contributed by atoms with Gasteiger partial charge in [-0.2, -0.15) is 4.31 Å². The van der Waals surface area contributed by atoms with Gasteiger partial charge in [0.1, 0.15) is 11.8 Å². The maximum atomic E-state index is 13.7. The van der Waals surface area contributed by atoms with Crippen LogP contribution in [-0.4, -0.2) is 74.9 Å². The highest BCUT2D eigenvalue weighted by molar-refractivity contribution is 7.89. The van der Waals surface area contributed by atoms with Crippen molar-refractivity contribution in [3.8, 4) is 5.75 Å². The Morgan fingerprint density at radius 1 is 0.905 bits per heavy atom. The van der Waals surface area contributed by atoms with Gasteiger partial charge >= 0.3 is 0 Å². The van der Waals surface area contributed by atoms with Crippen LogP contribution in [-0.2, 0) is 37.3 Å². The van der Waals surface area contributed by atoms with Crippen molar-refractivity contribution in [2.45, 2.75) is 37.8 Å². The molecule has 1 fully saturated rings. The minimum Gasteiger partial charge on any atom is -0.484 e. The molecular formula is C32H39N3O6S. The van der Waals surface area contributed by atoms with Crippen molar-refractivity contribution in [3.63, 3.8) is 0 Å². The van der Waals surface area contributed by atoms with Crippen LogP contribution in [0.3, 0.4) is 0 Å². The van der Waals surface area contributed by atoms with Crippen LogP contribution in [0, 0.1) is 5.92 Å². The highest BCUT2D eigenvalue weighted by atomic mass is 32.2. The lowest BCUT2D eigenvalue weighted by Crippen LogP contribution is -2.52. The van der Waals surface area contributed by atoms with Crippen molar-refractivity contribution >= 4 is 21.8 Å². The van der Waals surface area contributed by atoms with Gasteiger partial charge in [0, 0.05) is 32.6 Å². The summed E-state index contributed by atoms with van der Waals surface area (Å²) in [5.74, 6) is 0.0229. The number of carbonyl (C=O) groups excluding carboxylic acids is 2. The second-order valence-electron chi connectivity index (χ2n) is 10.6. The molecule has 4 rings (SSSR count). The molecule has 1 heterocycles. The second kappa shape index (κ2) is 14.9. The van der Waals surface area contributed by atoms with Gasteiger partial charge in [-0.25, -0.2) is 8.42 Å². The van der Waals surface area contributed by atoms with Gasteiger partial charge in [-0.15, -0.1) is 0 Å². The molecule has 3 aromatic carbocycles. The molecule has 10 heteroatoms. The van der Waals surface area contributed by atoms with Gasteiger partial charge in [0.05, 0.1) is 18.1 Å². The van der Waals surface area contributed by atoms with Gasteiger partial charge in [-0.1, -0.05) is 74.5 Å². The fraction of sp³-hybridized carbons (Fsp3) is 0.375. The number of carbonyl (C=O) groups is 2. The van der Waals surface area contributed by atoms with Gasteiger partial charge in [0.2, 0.25) is 15.9 Å². The van der Waals surface area contributed by atoms with E-state index in [1.54, 1.807) is 17.0 Å². The lowest BCUT2D eigenvalue weighted by Gasteiger charge is -2.31. The Hall–Kier alpha value is -3.73. The number of hydrogen-bond donors (Lipinski definition) is 1. The van der Waals surface area contributed by atoms with Crippen LogP contribution in [0.1, 0.15) is 25.0 Å². The summed E-state index contributed by atoms with van der Waals surface area (Å²) < 4.78 is 38.4. The number of nitrogens with zero attached hydrogens (tertiary/aromatic N) is 2. The number of rotatable bonds is 13. The molecule has 9 nitrogen and oxygen atoms in total. The standard InChI is InChI=1S/C32H39N3O6S/c1-25(2)22-33-32(37)30(21-26-9-5-3-6-10-26)35(23-27-11-7-4-8-12-27)31(36)24-41-28-13-15-29(16-14-28)42(38,39)34-17-19-40-20-18-34/h3-16,25,30H,17-24H2,1-2H3,(H,33,37)/t30-/m1/s1. The van der Waals surface area contributed by atoms with E-state index < -0.39 is 16.1 Å². The monoisotopic (exact) mass is 593 g/mol. The number of amides is 2. The lowest BCUT2D eigenvalue weighted by atomic mass is 10.0. The van der Waals surface area contributed by atoms with E-state index in [1.165, 1.54) is 16.4 Å². The van der Waals surface area contributed by atoms with Crippen molar-refractivity contribution in [2.75, 3.05) is 39.5 Å². The van der Waals surface area contributed by atoms with Crippen LogP contribution in [0.4, 0.5) is 0 Å². The van der Waals surface area contributed by atoms with E-state index in [2.05, 4.69) is 5.32 Å². The smallest absolute Gasteiger partial charge is 0.261 e. The molecule has 1 N–H and O–H groups in total. The normalized spacial score (nSPS) is 14.7. The minimum absolute atomic E-state index is 0.151. The largest absolute Gasteiger partial charge is 0.484 e. The molecule has 0 spiro atoms. The SMILES string of the molecule is CC(C)CNC(=O)[C@@H](Cc1ccccc1)N(Cc1ccccc1)C(=O)COc1ccc(S(=O)(=O)N2CCOCC2)cc1. The quantitative estimate of drug-likeness (QED) is 0.325. The van der Waals surface area contributed by atoms with Crippen molar-refractivity contribution in [1.29, 1.82) is 0 Å². The molecule has 0 radical (unpaired) electrons. The molecule has 0 unspecified atom stereocenters. The van der Waals surface area contributed by atoms with Crippen LogP contribution >= 0.6 is 0 Å². The molecule has 1 aliphatic heterocycles. The van der Waals surface area contributed by atoms with Gasteiger partial charge in [-0.3, -0.25) is 9.59 Å². The third-order valence-electron chi connectivity index (χ3n) is 6.95. The zero-order chi connectivity index (χ0) is 30.0. The Bertz CT molecular complexity index is 1390. The van der Waals surface area contributed by atoms with Gasteiger partial charge in [-0.05, 0) is 41.3 Å². The summed E-state index contributed by atoms with van der Waals surface area (Å²) in [4.78, 5) is 29.0. The van der Waals surface area contributed by atoms with Crippen molar-refractivity contribution in [3.05, 3.63) is 96.1 Å². The summed E-state index contributed by atoms with van der Waals surface area (Å²) in [6, 6.07) is 24.4. The second-order valence-corrected chi connectivity index (χ2v) is 12.6. The Labute approximate surface area is 248 Å². The first kappa shape index (κ1) is 31.2. The van der Waals surface area contributed by atoms with Crippen molar-refractivity contribution in [1.82, 2.24) is 14.5 Å². The summed E-state index contributed by atoms with van der Waals surface area (Å²) in [5.41, 5.74) is 1.82. The van der Waals surface area contributed by atoms with Crippen LogP contribution in [0.15, 0.2) is 89.8 Å². The summed E-state index contributed by atoms with van der Waals surface area (Å²) in [6.45, 7) is 5.79. The maximum Gasteiger partial charge on any atom is 0.261 e. The molecule has 0 aliphatic carbocycles. The highest BCUT2D eigenvalue weighted by Crippen LogP contribution is 2.21. The molecule has 224 valence electrons. The topological polar surface area (TPSA) is 105 Å². The molecule has 42 heavy (non-hydrogen) atoms. The number of ether oxygens (including phenoxy) is 2. The molecule has 1 saturated heterocycles. The lowest BCUT2D eigenvalue weighted by molar-refractivity contribution is -0.142. The summed E-state index contributed by atoms with van der Waals surface area (Å²) in [7, 11) is -3.64. The van der Waals surface area contributed by atoms with E-state index in [9.17, 15) is 18.0 Å². The summed E-state index contributed by atoms with van der Waals surface area (Å²) in [5, 5.41) is 3.00. The van der Waals surface area contributed by atoms with Gasteiger partial charge in [0.15, 0.2) is 6.61 Å². The molecule has 0 saturated carbocycles. The molecule has 2 amide bonds. The van der Waals surface area contributed by atoms with Gasteiger partial charge < -0.3 is 19.7 Å². The molecule has 3 aromatic rings. The van der Waals surface area contributed by atoms with E-state index in [0.717, 1.165) is 11.1 Å². The average Bonchev–Trinajstić information content (AvgIpc) is 3.02. The van der Waals surface area contributed by atoms with Crippen LogP contribution in [0.2, 0.25) is 0 Å². The summed E-state index contributed by atoms with van der Waals surface area (Å²) >= 11 is 0. The van der Waals surface area contributed by atoms with Crippen LogP contribution in [0.25, 0.3) is 0 Å². The summed E-state index contributed by atoms with van der Waals surface area (Å²) in [6.07, 6.45) is 0.345.